The Bertz CT molecular complexity index is 1530. The van der Waals surface area contributed by atoms with Crippen molar-refractivity contribution in [2.75, 3.05) is 18.9 Å². The smallest absolute Gasteiger partial charge is 0.407 e. The number of ether oxygens (including phenoxy) is 2. The number of aromatic carboxylic acids is 1. The van der Waals surface area contributed by atoms with Crippen LogP contribution in [-0.4, -0.2) is 56.2 Å². The number of hydrogen-bond acceptors (Lipinski definition) is 7. The van der Waals surface area contributed by atoms with E-state index in [-0.39, 0.29) is 41.6 Å². The molecule has 4 rings (SSSR count). The van der Waals surface area contributed by atoms with E-state index in [4.69, 9.17) is 9.47 Å². The fourth-order valence-electron chi connectivity index (χ4n) is 4.65. The fraction of sp³-hybridized carbons (Fsp3) is 0.300. The van der Waals surface area contributed by atoms with E-state index >= 15 is 0 Å². The lowest BCUT2D eigenvalue weighted by molar-refractivity contribution is 0.0520. The molecule has 216 valence electrons. The summed E-state index contributed by atoms with van der Waals surface area (Å²) in [6.07, 6.45) is -1.51. The standard InChI is InChI=1S/C30H32N2O8S/c1-30(2,3)40-29(36)32-17-19-16-20(12-13-21(19)27(33)34)41(37,38)15-14-31-28(35)39-18-26-24-10-6-4-8-22(24)23-9-5-7-11-25(23)26/h4-13,16,26H,14-15,17-18H2,1-3H3,(H,31,35)(H,32,36)(H,33,34). The van der Waals surface area contributed by atoms with Crippen molar-refractivity contribution < 1.29 is 37.4 Å². The number of rotatable bonds is 9. The van der Waals surface area contributed by atoms with Gasteiger partial charge in [-0.25, -0.2) is 22.8 Å². The molecule has 0 aromatic heterocycles. The van der Waals surface area contributed by atoms with E-state index in [0.717, 1.165) is 22.3 Å². The van der Waals surface area contributed by atoms with Crippen LogP contribution in [0.15, 0.2) is 71.6 Å². The van der Waals surface area contributed by atoms with Gasteiger partial charge >= 0.3 is 18.2 Å². The maximum atomic E-state index is 13.0. The molecule has 0 unspecified atom stereocenters. The second-order valence-electron chi connectivity index (χ2n) is 10.6. The summed E-state index contributed by atoms with van der Waals surface area (Å²) in [6, 6.07) is 19.4. The minimum atomic E-state index is -3.91. The highest BCUT2D eigenvalue weighted by Gasteiger charge is 2.29. The Morgan fingerprint density at radius 1 is 0.878 bits per heavy atom. The predicted molar refractivity (Wildman–Crippen MR) is 152 cm³/mol. The second-order valence-corrected chi connectivity index (χ2v) is 12.7. The van der Waals surface area contributed by atoms with Gasteiger partial charge in [0.2, 0.25) is 0 Å². The lowest BCUT2D eigenvalue weighted by Gasteiger charge is -2.20. The Hall–Kier alpha value is -4.38. The van der Waals surface area contributed by atoms with Crippen LogP contribution in [0.4, 0.5) is 9.59 Å². The number of benzene rings is 3. The van der Waals surface area contributed by atoms with Crippen LogP contribution in [0.1, 0.15) is 53.7 Å². The number of hydrogen-bond donors (Lipinski definition) is 3. The van der Waals surface area contributed by atoms with E-state index in [1.807, 2.05) is 48.5 Å². The SMILES string of the molecule is CC(C)(C)OC(=O)NCc1cc(S(=O)(=O)CCNC(=O)OCC2c3ccccc3-c3ccccc32)ccc1C(=O)O. The van der Waals surface area contributed by atoms with Gasteiger partial charge in [-0.2, -0.15) is 0 Å². The van der Waals surface area contributed by atoms with Crippen LogP contribution in [0.3, 0.4) is 0 Å². The van der Waals surface area contributed by atoms with Crippen molar-refractivity contribution in [1.29, 1.82) is 0 Å². The number of sulfone groups is 1. The molecule has 3 aromatic carbocycles. The molecule has 0 heterocycles. The Morgan fingerprint density at radius 3 is 2.07 bits per heavy atom. The van der Waals surface area contributed by atoms with Crippen LogP contribution >= 0.6 is 0 Å². The average Bonchev–Trinajstić information content (AvgIpc) is 3.23. The summed E-state index contributed by atoms with van der Waals surface area (Å²) in [5, 5.41) is 14.4. The maximum Gasteiger partial charge on any atom is 0.407 e. The Kier molecular flexibility index (Phi) is 8.67. The van der Waals surface area contributed by atoms with Gasteiger partial charge in [0.05, 0.1) is 16.2 Å². The number of amides is 2. The highest BCUT2D eigenvalue weighted by atomic mass is 32.2. The quantitative estimate of drug-likeness (QED) is 0.329. The molecule has 41 heavy (non-hydrogen) atoms. The van der Waals surface area contributed by atoms with E-state index in [2.05, 4.69) is 10.6 Å². The Labute approximate surface area is 238 Å². The maximum absolute atomic E-state index is 13.0. The third-order valence-electron chi connectivity index (χ3n) is 6.47. The third-order valence-corrected chi connectivity index (χ3v) is 8.19. The largest absolute Gasteiger partial charge is 0.478 e. The third kappa shape index (κ3) is 7.23. The lowest BCUT2D eigenvalue weighted by atomic mass is 9.98. The van der Waals surface area contributed by atoms with Crippen LogP contribution in [0.2, 0.25) is 0 Å². The van der Waals surface area contributed by atoms with Gasteiger partial charge in [0.1, 0.15) is 12.2 Å². The van der Waals surface area contributed by atoms with Crippen molar-refractivity contribution in [2.45, 2.75) is 43.7 Å². The van der Waals surface area contributed by atoms with E-state index in [9.17, 15) is 27.9 Å². The van der Waals surface area contributed by atoms with Crippen molar-refractivity contribution in [2.24, 2.45) is 0 Å². The van der Waals surface area contributed by atoms with Gasteiger partial charge in [0, 0.05) is 19.0 Å². The Balaban J connectivity index is 1.35. The summed E-state index contributed by atoms with van der Waals surface area (Å²) >= 11 is 0. The van der Waals surface area contributed by atoms with Gasteiger partial charge in [-0.1, -0.05) is 48.5 Å². The molecule has 0 radical (unpaired) electrons. The van der Waals surface area contributed by atoms with Crippen molar-refractivity contribution in [3.63, 3.8) is 0 Å². The molecule has 0 atom stereocenters. The van der Waals surface area contributed by atoms with Crippen LogP contribution in [0.5, 0.6) is 0 Å². The minimum Gasteiger partial charge on any atom is -0.478 e. The molecule has 1 aliphatic rings. The number of alkyl carbamates (subject to hydrolysis) is 2. The minimum absolute atomic E-state index is 0.0916. The molecule has 3 N–H and O–H groups in total. The molecule has 0 fully saturated rings. The van der Waals surface area contributed by atoms with Gasteiger partial charge in [-0.05, 0) is 66.8 Å². The molecule has 10 nitrogen and oxygen atoms in total. The van der Waals surface area contributed by atoms with E-state index in [0.29, 0.717) is 0 Å². The topological polar surface area (TPSA) is 148 Å². The zero-order valence-electron chi connectivity index (χ0n) is 23.0. The van der Waals surface area contributed by atoms with Crippen LogP contribution in [0, 0.1) is 0 Å². The number of fused-ring (bicyclic) bond motifs is 3. The number of carboxylic acids is 1. The van der Waals surface area contributed by atoms with Crippen molar-refractivity contribution in [3.05, 3.63) is 89.0 Å². The summed E-state index contributed by atoms with van der Waals surface area (Å²) in [5.74, 6) is -1.84. The molecule has 0 bridgehead atoms. The number of carbonyl (C=O) groups excluding carboxylic acids is 2. The fourth-order valence-corrected chi connectivity index (χ4v) is 5.86. The zero-order chi connectivity index (χ0) is 29.8. The molecule has 0 saturated carbocycles. The lowest BCUT2D eigenvalue weighted by Crippen LogP contribution is -2.32. The van der Waals surface area contributed by atoms with Crippen LogP contribution in [-0.2, 0) is 25.9 Å². The van der Waals surface area contributed by atoms with Gasteiger partial charge in [0.15, 0.2) is 9.84 Å². The summed E-state index contributed by atoms with van der Waals surface area (Å²) in [4.78, 5) is 35.9. The molecular weight excluding hydrogens is 548 g/mol. The van der Waals surface area contributed by atoms with Crippen molar-refractivity contribution in [3.8, 4) is 11.1 Å². The first-order valence-electron chi connectivity index (χ1n) is 13.0. The summed E-state index contributed by atoms with van der Waals surface area (Å²) in [6.45, 7) is 4.66. The summed E-state index contributed by atoms with van der Waals surface area (Å²) < 4.78 is 36.5. The van der Waals surface area contributed by atoms with E-state index in [1.165, 1.54) is 18.2 Å². The number of carbonyl (C=O) groups is 3. The molecule has 1 aliphatic carbocycles. The first-order valence-corrected chi connectivity index (χ1v) is 14.7. The van der Waals surface area contributed by atoms with E-state index < -0.39 is 39.3 Å². The molecule has 0 aliphatic heterocycles. The average molecular weight is 581 g/mol. The number of nitrogens with one attached hydrogen (secondary N) is 2. The first-order chi connectivity index (χ1) is 19.4. The van der Waals surface area contributed by atoms with Gasteiger partial charge in [-0.3, -0.25) is 0 Å². The van der Waals surface area contributed by atoms with Gasteiger partial charge in [0.25, 0.3) is 0 Å². The zero-order valence-corrected chi connectivity index (χ0v) is 23.8. The molecule has 0 saturated heterocycles. The summed E-state index contributed by atoms with van der Waals surface area (Å²) in [7, 11) is -3.91. The monoisotopic (exact) mass is 580 g/mol. The molecule has 3 aromatic rings. The van der Waals surface area contributed by atoms with Gasteiger partial charge in [-0.15, -0.1) is 0 Å². The first kappa shape index (κ1) is 29.6. The van der Waals surface area contributed by atoms with Gasteiger partial charge < -0.3 is 25.2 Å². The number of carboxylic acid groups (broad SMARTS) is 1. The molecule has 11 heteroatoms. The highest BCUT2D eigenvalue weighted by Crippen LogP contribution is 2.44. The molecule has 0 spiro atoms. The van der Waals surface area contributed by atoms with Crippen molar-refractivity contribution in [1.82, 2.24) is 10.6 Å². The van der Waals surface area contributed by atoms with Crippen molar-refractivity contribution >= 4 is 28.0 Å². The molecule has 2 amide bonds. The molecular formula is C30H32N2O8S. The normalized spacial score (nSPS) is 12.7. The summed E-state index contributed by atoms with van der Waals surface area (Å²) in [5.41, 5.74) is 3.49. The highest BCUT2D eigenvalue weighted by molar-refractivity contribution is 7.91. The van der Waals surface area contributed by atoms with Crippen LogP contribution in [0.25, 0.3) is 11.1 Å². The second kappa shape index (κ2) is 12.0. The Morgan fingerprint density at radius 2 is 1.49 bits per heavy atom. The van der Waals surface area contributed by atoms with Crippen LogP contribution < -0.4 is 10.6 Å². The predicted octanol–water partition coefficient (Wildman–Crippen LogP) is 4.72. The van der Waals surface area contributed by atoms with E-state index in [1.54, 1.807) is 20.8 Å².